The van der Waals surface area contributed by atoms with Crippen LogP contribution in [0.3, 0.4) is 0 Å². The highest BCUT2D eigenvalue weighted by atomic mass is 16.6. The summed E-state index contributed by atoms with van der Waals surface area (Å²) in [6.07, 6.45) is 1.65. The fourth-order valence-corrected chi connectivity index (χ4v) is 3.93. The molecule has 0 bridgehead atoms. The minimum atomic E-state index is -0.765. The van der Waals surface area contributed by atoms with Gasteiger partial charge in [-0.15, -0.1) is 0 Å². The van der Waals surface area contributed by atoms with Gasteiger partial charge in [0.25, 0.3) is 0 Å². The maximum absolute atomic E-state index is 13.0. The summed E-state index contributed by atoms with van der Waals surface area (Å²) in [4.78, 5) is 38.8. The van der Waals surface area contributed by atoms with Crippen molar-refractivity contribution in [1.82, 2.24) is 10.2 Å². The van der Waals surface area contributed by atoms with E-state index in [2.05, 4.69) is 11.4 Å². The molecular formula is C26H30N4O5. The molecule has 9 nitrogen and oxygen atoms in total. The second-order valence-corrected chi connectivity index (χ2v) is 8.26. The van der Waals surface area contributed by atoms with E-state index in [0.717, 1.165) is 17.5 Å². The molecule has 1 heterocycles. The number of likely N-dealkylation sites (tertiary alicyclic amines) is 1. The quantitative estimate of drug-likeness (QED) is 0.496. The molecule has 1 aliphatic heterocycles. The van der Waals surface area contributed by atoms with Gasteiger partial charge in [-0.1, -0.05) is 24.3 Å². The zero-order chi connectivity index (χ0) is 25.2. The van der Waals surface area contributed by atoms with Crippen molar-refractivity contribution in [1.29, 1.82) is 5.26 Å². The molecule has 1 fully saturated rings. The largest absolute Gasteiger partial charge is 0.482 e. The molecule has 0 unspecified atom stereocenters. The molecule has 0 aromatic heterocycles. The first-order chi connectivity index (χ1) is 16.9. The summed E-state index contributed by atoms with van der Waals surface area (Å²) in [5.41, 5.74) is 8.44. The third kappa shape index (κ3) is 7.29. The minimum Gasteiger partial charge on any atom is -0.482 e. The lowest BCUT2D eigenvalue weighted by Crippen LogP contribution is -2.51. The second kappa shape index (κ2) is 12.5. The van der Waals surface area contributed by atoms with Crippen molar-refractivity contribution in [3.8, 4) is 11.8 Å². The number of nitriles is 1. The normalized spacial score (nSPS) is 15.7. The SMILES string of the molecule is CCOC(=O)COc1ccc(CNC(=O)[C@@H]2CCCN2C(=O)[C@@H](N)Cc2ccc(C#N)cc2)cc1. The van der Waals surface area contributed by atoms with Gasteiger partial charge in [0, 0.05) is 13.1 Å². The van der Waals surface area contributed by atoms with Gasteiger partial charge in [0.2, 0.25) is 11.8 Å². The molecule has 1 aliphatic rings. The first kappa shape index (κ1) is 25.7. The van der Waals surface area contributed by atoms with E-state index in [1.807, 2.05) is 0 Å². The first-order valence-corrected chi connectivity index (χ1v) is 11.6. The van der Waals surface area contributed by atoms with E-state index < -0.39 is 18.1 Å². The molecule has 2 aromatic rings. The molecule has 3 rings (SSSR count). The average Bonchev–Trinajstić information content (AvgIpc) is 3.37. The molecule has 0 spiro atoms. The van der Waals surface area contributed by atoms with Crippen LogP contribution < -0.4 is 15.8 Å². The molecule has 0 saturated carbocycles. The molecule has 2 amide bonds. The predicted octanol–water partition coefficient (Wildman–Crippen LogP) is 1.68. The van der Waals surface area contributed by atoms with Crippen molar-refractivity contribution >= 4 is 17.8 Å². The number of nitrogens with zero attached hydrogens (tertiary/aromatic N) is 2. The van der Waals surface area contributed by atoms with Crippen molar-refractivity contribution in [2.45, 2.75) is 44.8 Å². The van der Waals surface area contributed by atoms with Gasteiger partial charge in [-0.3, -0.25) is 9.59 Å². The van der Waals surface area contributed by atoms with Crippen LogP contribution in [-0.4, -0.2) is 54.5 Å². The number of ether oxygens (including phenoxy) is 2. The number of nitrogens with two attached hydrogens (primary N) is 1. The van der Waals surface area contributed by atoms with Gasteiger partial charge in [-0.05, 0) is 61.6 Å². The summed E-state index contributed by atoms with van der Waals surface area (Å²) < 4.78 is 10.2. The van der Waals surface area contributed by atoms with Crippen LogP contribution in [0.15, 0.2) is 48.5 Å². The first-order valence-electron chi connectivity index (χ1n) is 11.6. The van der Waals surface area contributed by atoms with E-state index in [0.29, 0.717) is 43.9 Å². The van der Waals surface area contributed by atoms with E-state index in [1.165, 1.54) is 0 Å². The highest BCUT2D eigenvalue weighted by Gasteiger charge is 2.36. The van der Waals surface area contributed by atoms with Crippen LogP contribution in [0.5, 0.6) is 5.75 Å². The molecule has 35 heavy (non-hydrogen) atoms. The Hall–Kier alpha value is -3.90. The standard InChI is InChI=1S/C26H30N4O5/c1-2-34-24(31)17-35-21-11-9-20(10-12-21)16-29-25(32)23-4-3-13-30(23)26(33)22(28)14-18-5-7-19(15-27)8-6-18/h5-12,22-23H,2-4,13-14,16-17,28H2,1H3,(H,29,32)/t22-,23-/m0/s1. The van der Waals surface area contributed by atoms with Crippen LogP contribution in [0.4, 0.5) is 0 Å². The van der Waals surface area contributed by atoms with Crippen molar-refractivity contribution < 1.29 is 23.9 Å². The van der Waals surface area contributed by atoms with Crippen molar-refractivity contribution in [2.75, 3.05) is 19.8 Å². The lowest BCUT2D eigenvalue weighted by molar-refractivity contribution is -0.145. The van der Waals surface area contributed by atoms with Crippen molar-refractivity contribution in [3.05, 3.63) is 65.2 Å². The van der Waals surface area contributed by atoms with Crippen molar-refractivity contribution in [2.24, 2.45) is 5.73 Å². The Bertz CT molecular complexity index is 1060. The van der Waals surface area contributed by atoms with Gasteiger partial charge in [-0.2, -0.15) is 5.26 Å². The Kier molecular flexibility index (Phi) is 9.21. The fraction of sp³-hybridized carbons (Fsp3) is 0.385. The van der Waals surface area contributed by atoms with Crippen LogP contribution in [0.1, 0.15) is 36.5 Å². The maximum atomic E-state index is 13.0. The molecular weight excluding hydrogens is 448 g/mol. The van der Waals surface area contributed by atoms with Gasteiger partial charge in [0.05, 0.1) is 24.3 Å². The summed E-state index contributed by atoms with van der Waals surface area (Å²) in [6, 6.07) is 14.7. The number of rotatable bonds is 10. The van der Waals surface area contributed by atoms with Gasteiger partial charge in [-0.25, -0.2) is 4.79 Å². The highest BCUT2D eigenvalue weighted by molar-refractivity contribution is 5.90. The smallest absolute Gasteiger partial charge is 0.344 e. The Morgan fingerprint density at radius 2 is 1.83 bits per heavy atom. The number of hydrogen-bond donors (Lipinski definition) is 2. The number of amides is 2. The number of carbonyl (C=O) groups excluding carboxylic acids is 3. The van der Waals surface area contributed by atoms with E-state index in [9.17, 15) is 14.4 Å². The van der Waals surface area contributed by atoms with Gasteiger partial charge in [0.15, 0.2) is 6.61 Å². The zero-order valence-corrected chi connectivity index (χ0v) is 19.7. The van der Waals surface area contributed by atoms with Crippen LogP contribution in [0.2, 0.25) is 0 Å². The van der Waals surface area contributed by atoms with E-state index in [1.54, 1.807) is 60.4 Å². The predicted molar refractivity (Wildman–Crippen MR) is 128 cm³/mol. The van der Waals surface area contributed by atoms with Gasteiger partial charge < -0.3 is 25.4 Å². The van der Waals surface area contributed by atoms with E-state index in [4.69, 9.17) is 20.5 Å². The Labute approximate surface area is 204 Å². The number of hydrogen-bond acceptors (Lipinski definition) is 7. The van der Waals surface area contributed by atoms with Gasteiger partial charge >= 0.3 is 5.97 Å². The maximum Gasteiger partial charge on any atom is 0.344 e. The summed E-state index contributed by atoms with van der Waals surface area (Å²) >= 11 is 0. The number of carbonyl (C=O) groups is 3. The average molecular weight is 479 g/mol. The molecule has 2 aromatic carbocycles. The lowest BCUT2D eigenvalue weighted by atomic mass is 10.0. The number of esters is 1. The Morgan fingerprint density at radius 3 is 2.49 bits per heavy atom. The third-order valence-corrected chi connectivity index (χ3v) is 5.75. The number of benzene rings is 2. The summed E-state index contributed by atoms with van der Waals surface area (Å²) in [5.74, 6) is -0.382. The monoisotopic (exact) mass is 478 g/mol. The summed E-state index contributed by atoms with van der Waals surface area (Å²) in [7, 11) is 0. The molecule has 0 radical (unpaired) electrons. The highest BCUT2D eigenvalue weighted by Crippen LogP contribution is 2.20. The van der Waals surface area contributed by atoms with Crippen LogP contribution in [0.25, 0.3) is 0 Å². The second-order valence-electron chi connectivity index (χ2n) is 8.26. The van der Waals surface area contributed by atoms with Gasteiger partial charge in [0.1, 0.15) is 11.8 Å². The van der Waals surface area contributed by atoms with E-state index in [-0.39, 0.29) is 18.4 Å². The Balaban J connectivity index is 1.50. The van der Waals surface area contributed by atoms with E-state index >= 15 is 0 Å². The molecule has 3 N–H and O–H groups in total. The molecule has 184 valence electrons. The third-order valence-electron chi connectivity index (χ3n) is 5.75. The van der Waals surface area contributed by atoms with Crippen LogP contribution >= 0.6 is 0 Å². The summed E-state index contributed by atoms with van der Waals surface area (Å²) in [6.45, 7) is 2.65. The molecule has 2 atom stereocenters. The van der Waals surface area contributed by atoms with Crippen LogP contribution in [-0.2, 0) is 32.1 Å². The molecule has 0 aliphatic carbocycles. The van der Waals surface area contributed by atoms with Crippen molar-refractivity contribution in [3.63, 3.8) is 0 Å². The number of nitrogens with one attached hydrogen (secondary N) is 1. The topological polar surface area (TPSA) is 135 Å². The molecule has 9 heteroatoms. The fourth-order valence-electron chi connectivity index (χ4n) is 3.93. The molecule has 1 saturated heterocycles. The van der Waals surface area contributed by atoms with Crippen LogP contribution in [0, 0.1) is 11.3 Å². The summed E-state index contributed by atoms with van der Waals surface area (Å²) in [5, 5.41) is 11.8. The minimum absolute atomic E-state index is 0.164. The zero-order valence-electron chi connectivity index (χ0n) is 19.7. The Morgan fingerprint density at radius 1 is 1.14 bits per heavy atom. The lowest BCUT2D eigenvalue weighted by Gasteiger charge is -2.26.